The van der Waals surface area contributed by atoms with E-state index in [2.05, 4.69) is 208 Å². The molecule has 0 amide bonds. The topological polar surface area (TPSA) is 19.6 Å². The summed E-state index contributed by atoms with van der Waals surface area (Å²) >= 11 is 0. The first-order valence-corrected chi connectivity index (χ1v) is 22.1. The molecule has 3 heterocycles. The summed E-state index contributed by atoms with van der Waals surface area (Å²) in [5.41, 5.74) is 22.3. The number of rotatable bonds is 3. The lowest BCUT2D eigenvalue weighted by molar-refractivity contribution is 0.332. The van der Waals surface area contributed by atoms with Crippen LogP contribution in [0.5, 0.6) is 0 Å². The summed E-state index contributed by atoms with van der Waals surface area (Å²) in [6.07, 6.45) is 2.32. The van der Waals surface area contributed by atoms with E-state index >= 15 is 0 Å². The summed E-state index contributed by atoms with van der Waals surface area (Å²) in [4.78, 5) is 5.15. The standard InChI is InChI=1S/C56H59BN2O/c1-34-18-25-49-41(28-34)51-52(60-49)57-44-32-42-43(56(11,12)27-26-55(42,9)10)33-46(44)58(39-22-19-37(20-23-39)53(3,4)5)47-29-35(2)30-48(50(47)57)59(51)45-24-21-38(54(6,7)8)31-40(45)36-16-14-13-15-17-36/h13-25,28-33H,26-27H2,1-12H3. The van der Waals surface area contributed by atoms with Gasteiger partial charge in [0.2, 0.25) is 0 Å². The van der Waals surface area contributed by atoms with Gasteiger partial charge in [-0.05, 0) is 147 Å². The van der Waals surface area contributed by atoms with Crippen molar-refractivity contribution in [1.29, 1.82) is 0 Å². The van der Waals surface area contributed by atoms with E-state index in [4.69, 9.17) is 4.42 Å². The molecule has 3 aliphatic rings. The smallest absolute Gasteiger partial charge is 0.297 e. The Morgan fingerprint density at radius 1 is 0.567 bits per heavy atom. The minimum atomic E-state index is -0.102. The fourth-order valence-electron chi connectivity index (χ4n) is 10.5. The minimum Gasteiger partial charge on any atom is -0.468 e. The lowest BCUT2D eigenvalue weighted by atomic mass is 9.35. The van der Waals surface area contributed by atoms with Gasteiger partial charge in [-0.25, -0.2) is 0 Å². The first kappa shape index (κ1) is 38.7. The monoisotopic (exact) mass is 786 g/mol. The highest BCUT2D eigenvalue weighted by Crippen LogP contribution is 2.52. The maximum Gasteiger partial charge on any atom is 0.297 e. The average molecular weight is 787 g/mol. The second-order valence-electron chi connectivity index (χ2n) is 21.5. The van der Waals surface area contributed by atoms with Crippen LogP contribution in [0, 0.1) is 13.8 Å². The first-order chi connectivity index (χ1) is 28.3. The van der Waals surface area contributed by atoms with Crippen LogP contribution in [0.25, 0.3) is 22.1 Å². The van der Waals surface area contributed by atoms with Crippen LogP contribution in [0.1, 0.15) is 115 Å². The van der Waals surface area contributed by atoms with Gasteiger partial charge in [-0.3, -0.25) is 0 Å². The number of fused-ring (bicyclic) bond motifs is 7. The molecule has 0 bridgehead atoms. The van der Waals surface area contributed by atoms with Gasteiger partial charge in [0.05, 0.1) is 17.0 Å². The molecular formula is C56H59BN2O. The van der Waals surface area contributed by atoms with Crippen molar-refractivity contribution >= 4 is 68.4 Å². The van der Waals surface area contributed by atoms with Crippen LogP contribution in [0.3, 0.4) is 0 Å². The van der Waals surface area contributed by atoms with Crippen LogP contribution < -0.4 is 26.4 Å². The lowest BCUT2D eigenvalue weighted by Crippen LogP contribution is -2.61. The van der Waals surface area contributed by atoms with Gasteiger partial charge in [0.1, 0.15) is 5.58 Å². The molecule has 1 aliphatic carbocycles. The SMILES string of the molecule is Cc1cc2c3c(c1)N(c1ccc(C(C)(C)C)cc1-c1ccccc1)c1c(oc4ccc(C)cc14)B3c1cc3c(cc1N2c1ccc(C(C)(C)C)cc1)C(C)(C)CCC3(C)C. The van der Waals surface area contributed by atoms with E-state index in [-0.39, 0.29) is 28.4 Å². The van der Waals surface area contributed by atoms with Crippen LogP contribution in [0.4, 0.5) is 34.1 Å². The molecule has 0 N–H and O–H groups in total. The van der Waals surface area contributed by atoms with Crippen molar-refractivity contribution < 1.29 is 4.42 Å². The van der Waals surface area contributed by atoms with Gasteiger partial charge in [-0.1, -0.05) is 135 Å². The molecule has 3 nitrogen and oxygen atoms in total. The number of benzene rings is 6. The Hall–Kier alpha value is -5.48. The molecule has 0 spiro atoms. The van der Waals surface area contributed by atoms with Crippen molar-refractivity contribution in [3.63, 3.8) is 0 Å². The molecule has 1 aromatic heterocycles. The van der Waals surface area contributed by atoms with Gasteiger partial charge in [0.25, 0.3) is 6.71 Å². The molecule has 10 rings (SSSR count). The van der Waals surface area contributed by atoms with E-state index < -0.39 is 0 Å². The fraction of sp³-hybridized carbons (Fsp3) is 0.321. The zero-order valence-electron chi connectivity index (χ0n) is 37.8. The van der Waals surface area contributed by atoms with E-state index in [1.807, 2.05) is 0 Å². The van der Waals surface area contributed by atoms with Crippen LogP contribution in [0.15, 0.2) is 120 Å². The van der Waals surface area contributed by atoms with Crippen molar-refractivity contribution in [2.75, 3.05) is 9.80 Å². The summed E-state index contributed by atoms with van der Waals surface area (Å²) in [7, 11) is 0. The van der Waals surface area contributed by atoms with Crippen LogP contribution in [-0.2, 0) is 21.7 Å². The third-order valence-electron chi connectivity index (χ3n) is 14.1. The zero-order valence-corrected chi connectivity index (χ0v) is 37.8. The Morgan fingerprint density at radius 2 is 1.18 bits per heavy atom. The Labute approximate surface area is 358 Å². The molecule has 4 heteroatoms. The summed E-state index contributed by atoms with van der Waals surface area (Å²) in [5.74, 6) is 0. The Morgan fingerprint density at radius 3 is 1.83 bits per heavy atom. The van der Waals surface area contributed by atoms with Crippen LogP contribution in [-0.4, -0.2) is 6.71 Å². The highest BCUT2D eigenvalue weighted by molar-refractivity contribution is 7.00. The number of hydrogen-bond acceptors (Lipinski definition) is 3. The number of aryl methyl sites for hydroxylation is 2. The first-order valence-electron chi connectivity index (χ1n) is 22.1. The Kier molecular flexibility index (Phi) is 8.40. The number of hydrogen-bond donors (Lipinski definition) is 0. The molecule has 0 saturated heterocycles. The summed E-state index contributed by atoms with van der Waals surface area (Å²) in [5, 5.41) is 1.15. The van der Waals surface area contributed by atoms with Gasteiger partial charge in [-0.15, -0.1) is 0 Å². The van der Waals surface area contributed by atoms with E-state index in [1.54, 1.807) is 0 Å². The quantitative estimate of drug-likeness (QED) is 0.166. The largest absolute Gasteiger partial charge is 0.468 e. The van der Waals surface area contributed by atoms with E-state index in [9.17, 15) is 0 Å². The molecule has 0 saturated carbocycles. The molecule has 0 unspecified atom stereocenters. The summed E-state index contributed by atoms with van der Waals surface area (Å²) in [6.45, 7) is 28.0. The maximum absolute atomic E-state index is 7.33. The van der Waals surface area contributed by atoms with Gasteiger partial charge in [0, 0.05) is 33.7 Å². The average Bonchev–Trinajstić information content (AvgIpc) is 3.56. The fourth-order valence-corrected chi connectivity index (χ4v) is 10.5. The molecule has 60 heavy (non-hydrogen) atoms. The highest BCUT2D eigenvalue weighted by atomic mass is 16.3. The van der Waals surface area contributed by atoms with E-state index in [0.717, 1.165) is 40.8 Å². The number of anilines is 6. The van der Waals surface area contributed by atoms with Gasteiger partial charge in [-0.2, -0.15) is 0 Å². The third-order valence-corrected chi connectivity index (χ3v) is 14.1. The maximum atomic E-state index is 7.33. The van der Waals surface area contributed by atoms with Crippen LogP contribution in [0.2, 0.25) is 0 Å². The summed E-state index contributed by atoms with van der Waals surface area (Å²) in [6, 6.07) is 44.2. The molecule has 302 valence electrons. The molecule has 0 fully saturated rings. The van der Waals surface area contributed by atoms with E-state index in [1.165, 1.54) is 78.2 Å². The predicted octanol–water partition coefficient (Wildman–Crippen LogP) is 13.7. The second kappa shape index (κ2) is 13.0. The zero-order chi connectivity index (χ0) is 42.3. The van der Waals surface area contributed by atoms with Crippen molar-refractivity contribution in [1.82, 2.24) is 0 Å². The van der Waals surface area contributed by atoms with Gasteiger partial charge >= 0.3 is 0 Å². The molecule has 0 atom stereocenters. The molecule has 6 aromatic carbocycles. The van der Waals surface area contributed by atoms with Crippen molar-refractivity contribution in [3.8, 4) is 11.1 Å². The van der Waals surface area contributed by atoms with Crippen LogP contribution >= 0.6 is 0 Å². The second-order valence-corrected chi connectivity index (χ2v) is 21.5. The van der Waals surface area contributed by atoms with Crippen molar-refractivity contribution in [3.05, 3.63) is 149 Å². The molecule has 2 aliphatic heterocycles. The Balaban J connectivity index is 1.34. The highest BCUT2D eigenvalue weighted by Gasteiger charge is 2.49. The van der Waals surface area contributed by atoms with Gasteiger partial charge in [0.15, 0.2) is 0 Å². The number of furan rings is 1. The van der Waals surface area contributed by atoms with E-state index in [0.29, 0.717) is 0 Å². The lowest BCUT2D eigenvalue weighted by Gasteiger charge is -2.46. The predicted molar refractivity (Wildman–Crippen MR) is 258 cm³/mol. The summed E-state index contributed by atoms with van der Waals surface area (Å²) < 4.78 is 7.33. The molecule has 7 aromatic rings. The molecular weight excluding hydrogens is 727 g/mol. The third kappa shape index (κ3) is 5.92. The van der Waals surface area contributed by atoms with Crippen molar-refractivity contribution in [2.24, 2.45) is 0 Å². The molecule has 0 radical (unpaired) electrons. The Bertz CT molecular complexity index is 2860. The number of nitrogens with zero attached hydrogens (tertiary/aromatic N) is 2. The van der Waals surface area contributed by atoms with Gasteiger partial charge < -0.3 is 14.2 Å². The minimum absolute atomic E-state index is 0.0175. The normalized spacial score (nSPS) is 16.4. The van der Waals surface area contributed by atoms with Crippen molar-refractivity contribution in [2.45, 2.75) is 118 Å².